The SMILES string of the molecule is CC(C)(CNc1ccccc1N)c1cccnc1. The maximum absolute atomic E-state index is 5.91. The van der Waals surface area contributed by atoms with E-state index < -0.39 is 0 Å². The molecule has 3 nitrogen and oxygen atoms in total. The Bertz CT molecular complexity index is 506. The van der Waals surface area contributed by atoms with Gasteiger partial charge in [0.05, 0.1) is 11.4 Å². The van der Waals surface area contributed by atoms with Crippen molar-refractivity contribution in [2.45, 2.75) is 19.3 Å². The Balaban J connectivity index is 2.08. The minimum absolute atomic E-state index is 0.0105. The Morgan fingerprint density at radius 1 is 1.17 bits per heavy atom. The Kier molecular flexibility index (Phi) is 3.51. The molecule has 0 spiro atoms. The molecule has 3 N–H and O–H groups in total. The highest BCUT2D eigenvalue weighted by Crippen LogP contribution is 2.24. The number of hydrogen-bond acceptors (Lipinski definition) is 3. The summed E-state index contributed by atoms with van der Waals surface area (Å²) >= 11 is 0. The first-order valence-electron chi connectivity index (χ1n) is 6.08. The zero-order chi connectivity index (χ0) is 13.0. The molecule has 0 aliphatic carbocycles. The average Bonchev–Trinajstić information content (AvgIpc) is 2.39. The summed E-state index contributed by atoms with van der Waals surface area (Å²) in [6.07, 6.45) is 3.71. The van der Waals surface area contributed by atoms with Crippen LogP contribution in [-0.2, 0) is 5.41 Å². The molecule has 94 valence electrons. The summed E-state index contributed by atoms with van der Waals surface area (Å²) in [5.41, 5.74) is 8.90. The Hall–Kier alpha value is -2.03. The second kappa shape index (κ2) is 5.08. The number of nitrogens with one attached hydrogen (secondary N) is 1. The van der Waals surface area contributed by atoms with Crippen molar-refractivity contribution in [3.8, 4) is 0 Å². The predicted molar refractivity (Wildman–Crippen MR) is 76.6 cm³/mol. The molecule has 0 amide bonds. The Morgan fingerprint density at radius 3 is 2.61 bits per heavy atom. The molecule has 0 aliphatic heterocycles. The number of para-hydroxylation sites is 2. The molecule has 0 saturated carbocycles. The lowest BCUT2D eigenvalue weighted by Crippen LogP contribution is -2.28. The van der Waals surface area contributed by atoms with E-state index in [-0.39, 0.29) is 5.41 Å². The molecule has 18 heavy (non-hydrogen) atoms. The minimum atomic E-state index is 0.0105. The highest BCUT2D eigenvalue weighted by molar-refractivity contribution is 5.65. The lowest BCUT2D eigenvalue weighted by molar-refractivity contribution is 0.555. The third-order valence-electron chi connectivity index (χ3n) is 3.12. The highest BCUT2D eigenvalue weighted by atomic mass is 14.9. The molecular formula is C15H19N3. The van der Waals surface area contributed by atoms with Crippen molar-refractivity contribution in [1.29, 1.82) is 0 Å². The van der Waals surface area contributed by atoms with Crippen molar-refractivity contribution in [3.63, 3.8) is 0 Å². The van der Waals surface area contributed by atoms with Crippen molar-refractivity contribution < 1.29 is 0 Å². The summed E-state index contributed by atoms with van der Waals surface area (Å²) in [6.45, 7) is 5.19. The number of nitrogens with zero attached hydrogens (tertiary/aromatic N) is 1. The van der Waals surface area contributed by atoms with Crippen molar-refractivity contribution in [3.05, 3.63) is 54.4 Å². The van der Waals surface area contributed by atoms with Gasteiger partial charge in [-0.15, -0.1) is 0 Å². The molecule has 0 aliphatic rings. The van der Waals surface area contributed by atoms with E-state index in [0.29, 0.717) is 0 Å². The fraction of sp³-hybridized carbons (Fsp3) is 0.267. The monoisotopic (exact) mass is 241 g/mol. The Labute approximate surface area is 108 Å². The van der Waals surface area contributed by atoms with Gasteiger partial charge in [0.25, 0.3) is 0 Å². The van der Waals surface area contributed by atoms with Gasteiger partial charge in [-0.1, -0.05) is 32.0 Å². The molecule has 1 aromatic carbocycles. The lowest BCUT2D eigenvalue weighted by atomic mass is 9.85. The van der Waals surface area contributed by atoms with Gasteiger partial charge >= 0.3 is 0 Å². The van der Waals surface area contributed by atoms with Crippen LogP contribution in [0.2, 0.25) is 0 Å². The van der Waals surface area contributed by atoms with Gasteiger partial charge in [-0.25, -0.2) is 0 Å². The molecule has 2 rings (SSSR count). The first kappa shape index (κ1) is 12.4. The molecule has 0 atom stereocenters. The number of anilines is 2. The summed E-state index contributed by atoms with van der Waals surface area (Å²) < 4.78 is 0. The summed E-state index contributed by atoms with van der Waals surface area (Å²) in [5, 5.41) is 3.40. The minimum Gasteiger partial charge on any atom is -0.397 e. The number of nitrogen functional groups attached to an aromatic ring is 1. The van der Waals surface area contributed by atoms with E-state index in [2.05, 4.69) is 30.2 Å². The number of rotatable bonds is 4. The largest absolute Gasteiger partial charge is 0.397 e. The molecule has 0 unspecified atom stereocenters. The van der Waals surface area contributed by atoms with Crippen LogP contribution in [0.25, 0.3) is 0 Å². The molecule has 2 aromatic rings. The van der Waals surface area contributed by atoms with Gasteiger partial charge in [0.1, 0.15) is 0 Å². The fourth-order valence-corrected chi connectivity index (χ4v) is 1.84. The van der Waals surface area contributed by atoms with E-state index in [9.17, 15) is 0 Å². The first-order valence-corrected chi connectivity index (χ1v) is 6.08. The van der Waals surface area contributed by atoms with Gasteiger partial charge in [-0.3, -0.25) is 4.98 Å². The van der Waals surface area contributed by atoms with Crippen LogP contribution in [0.15, 0.2) is 48.8 Å². The van der Waals surface area contributed by atoms with E-state index in [1.807, 2.05) is 36.5 Å². The predicted octanol–water partition coefficient (Wildman–Crippen LogP) is 3.05. The number of nitrogens with two attached hydrogens (primary N) is 1. The average molecular weight is 241 g/mol. The maximum atomic E-state index is 5.91. The molecule has 1 heterocycles. The van der Waals surface area contributed by atoms with Gasteiger partial charge in [-0.2, -0.15) is 0 Å². The van der Waals surface area contributed by atoms with Crippen LogP contribution in [0.3, 0.4) is 0 Å². The van der Waals surface area contributed by atoms with E-state index in [4.69, 9.17) is 5.73 Å². The van der Waals surface area contributed by atoms with Crippen molar-refractivity contribution in [2.24, 2.45) is 0 Å². The third-order valence-corrected chi connectivity index (χ3v) is 3.12. The van der Waals surface area contributed by atoms with E-state index >= 15 is 0 Å². The first-order chi connectivity index (χ1) is 8.59. The van der Waals surface area contributed by atoms with Crippen LogP contribution in [0.4, 0.5) is 11.4 Å². The quantitative estimate of drug-likeness (QED) is 0.809. The zero-order valence-corrected chi connectivity index (χ0v) is 10.9. The van der Waals surface area contributed by atoms with Crippen LogP contribution in [0.1, 0.15) is 19.4 Å². The molecule has 1 aromatic heterocycles. The van der Waals surface area contributed by atoms with Crippen molar-refractivity contribution in [1.82, 2.24) is 4.98 Å². The van der Waals surface area contributed by atoms with Crippen LogP contribution in [0, 0.1) is 0 Å². The highest BCUT2D eigenvalue weighted by Gasteiger charge is 2.20. The molecule has 0 bridgehead atoms. The summed E-state index contributed by atoms with van der Waals surface area (Å²) in [7, 11) is 0. The van der Waals surface area contributed by atoms with Gasteiger partial charge < -0.3 is 11.1 Å². The zero-order valence-electron chi connectivity index (χ0n) is 10.9. The Morgan fingerprint density at radius 2 is 1.94 bits per heavy atom. The molecule has 0 saturated heterocycles. The van der Waals surface area contributed by atoms with Crippen LogP contribution >= 0.6 is 0 Å². The third kappa shape index (κ3) is 2.80. The normalized spacial score (nSPS) is 11.2. The molecule has 3 heteroatoms. The van der Waals surface area contributed by atoms with Crippen LogP contribution < -0.4 is 11.1 Å². The fourth-order valence-electron chi connectivity index (χ4n) is 1.84. The summed E-state index contributed by atoms with van der Waals surface area (Å²) in [5.74, 6) is 0. The summed E-state index contributed by atoms with van der Waals surface area (Å²) in [4.78, 5) is 4.17. The van der Waals surface area contributed by atoms with Gasteiger partial charge in [0.15, 0.2) is 0 Å². The van der Waals surface area contributed by atoms with Crippen LogP contribution in [-0.4, -0.2) is 11.5 Å². The second-order valence-electron chi connectivity index (χ2n) is 5.07. The number of hydrogen-bond donors (Lipinski definition) is 2. The smallest absolute Gasteiger partial charge is 0.0574 e. The van der Waals surface area contributed by atoms with Crippen molar-refractivity contribution >= 4 is 11.4 Å². The van der Waals surface area contributed by atoms with Gasteiger partial charge in [0, 0.05) is 24.4 Å². The molecule has 0 radical (unpaired) electrons. The molecule has 0 fully saturated rings. The maximum Gasteiger partial charge on any atom is 0.0574 e. The standard InChI is InChI=1S/C15H19N3/c1-15(2,12-6-5-9-17-10-12)11-18-14-8-4-3-7-13(14)16/h3-10,18H,11,16H2,1-2H3. The second-order valence-corrected chi connectivity index (χ2v) is 5.07. The topological polar surface area (TPSA) is 50.9 Å². The summed E-state index contributed by atoms with van der Waals surface area (Å²) in [6, 6.07) is 11.9. The van der Waals surface area contributed by atoms with E-state index in [0.717, 1.165) is 17.9 Å². The molecular weight excluding hydrogens is 222 g/mol. The van der Waals surface area contributed by atoms with Gasteiger partial charge in [0.2, 0.25) is 0 Å². The number of aromatic nitrogens is 1. The number of benzene rings is 1. The number of pyridine rings is 1. The van der Waals surface area contributed by atoms with Crippen molar-refractivity contribution in [2.75, 3.05) is 17.6 Å². The van der Waals surface area contributed by atoms with Crippen LogP contribution in [0.5, 0.6) is 0 Å². The van der Waals surface area contributed by atoms with Gasteiger partial charge in [-0.05, 0) is 23.8 Å². The lowest BCUT2D eigenvalue weighted by Gasteiger charge is -2.26. The van der Waals surface area contributed by atoms with E-state index in [1.54, 1.807) is 6.20 Å². The van der Waals surface area contributed by atoms with E-state index in [1.165, 1.54) is 5.56 Å².